The number of primary sulfonamides is 1. The third-order valence-electron chi connectivity index (χ3n) is 2.70. The summed E-state index contributed by atoms with van der Waals surface area (Å²) in [4.78, 5) is 0.700. The number of sulfonamides is 1. The molecule has 0 bridgehead atoms. The Hall–Kier alpha value is -1.74. The lowest BCUT2D eigenvalue weighted by atomic mass is 10.3. The van der Waals surface area contributed by atoms with Crippen LogP contribution in [0.15, 0.2) is 47.6 Å². The summed E-state index contributed by atoms with van der Waals surface area (Å²) in [7, 11) is -4.00. The van der Waals surface area contributed by atoms with Crippen molar-refractivity contribution >= 4 is 33.0 Å². The van der Waals surface area contributed by atoms with Crippen LogP contribution in [0.25, 0.3) is 16.4 Å². The Labute approximate surface area is 129 Å². The van der Waals surface area contributed by atoms with E-state index in [4.69, 9.17) is 16.7 Å². The third kappa shape index (κ3) is 2.70. The monoisotopic (exact) mass is 340 g/mol. The second kappa shape index (κ2) is 5.23. The molecule has 0 saturated carbocycles. The van der Waals surface area contributed by atoms with Crippen LogP contribution < -0.4 is 5.14 Å². The second-order valence-corrected chi connectivity index (χ2v) is 7.30. The van der Waals surface area contributed by atoms with Gasteiger partial charge in [-0.05, 0) is 24.3 Å². The summed E-state index contributed by atoms with van der Waals surface area (Å²) in [5, 5.41) is 12.6. The first-order chi connectivity index (χ1) is 9.97. The van der Waals surface area contributed by atoms with Gasteiger partial charge in [-0.2, -0.15) is 0 Å². The lowest BCUT2D eigenvalue weighted by Gasteiger charge is -2.07. The molecule has 0 fully saturated rings. The minimum atomic E-state index is -4.00. The normalized spacial score (nSPS) is 11.7. The molecule has 2 heterocycles. The van der Waals surface area contributed by atoms with Crippen molar-refractivity contribution in [3.05, 3.63) is 46.8 Å². The molecule has 6 nitrogen and oxygen atoms in total. The van der Waals surface area contributed by atoms with Crippen molar-refractivity contribution in [3.63, 3.8) is 0 Å². The molecule has 3 rings (SSSR count). The Bertz CT molecular complexity index is 887. The fraction of sp³-hybridized carbons (Fsp3) is 0. The maximum atomic E-state index is 11.7. The van der Waals surface area contributed by atoms with Crippen molar-refractivity contribution in [3.8, 4) is 16.4 Å². The highest BCUT2D eigenvalue weighted by Crippen LogP contribution is 2.32. The summed E-state index contributed by atoms with van der Waals surface area (Å²) < 4.78 is 25.4. The van der Waals surface area contributed by atoms with Gasteiger partial charge in [-0.25, -0.2) is 13.6 Å². The number of aromatic nitrogens is 3. The molecular formula is C12H9ClN4O2S2. The van der Waals surface area contributed by atoms with Crippen molar-refractivity contribution < 1.29 is 8.42 Å². The zero-order valence-corrected chi connectivity index (χ0v) is 12.9. The molecule has 0 aliphatic rings. The van der Waals surface area contributed by atoms with Crippen molar-refractivity contribution in [2.75, 3.05) is 0 Å². The van der Waals surface area contributed by atoms with Gasteiger partial charge < -0.3 is 0 Å². The number of rotatable bonds is 3. The number of halogens is 1. The maximum absolute atomic E-state index is 11.7. The van der Waals surface area contributed by atoms with Crippen LogP contribution in [0.5, 0.6) is 0 Å². The number of thiophene rings is 1. The fourth-order valence-electron chi connectivity index (χ4n) is 1.86. The molecule has 0 amide bonds. The molecule has 0 saturated heterocycles. The van der Waals surface area contributed by atoms with Crippen LogP contribution in [0.3, 0.4) is 0 Å². The van der Waals surface area contributed by atoms with Crippen molar-refractivity contribution in [1.82, 2.24) is 14.8 Å². The van der Waals surface area contributed by atoms with Gasteiger partial charge in [-0.3, -0.25) is 4.57 Å². The summed E-state index contributed by atoms with van der Waals surface area (Å²) >= 11 is 7.20. The van der Waals surface area contributed by atoms with E-state index in [9.17, 15) is 8.42 Å². The SMILES string of the molecule is NS(=O)(=O)c1nnc(-c2ccc(Cl)s2)n1-c1ccccc1. The number of hydrogen-bond donors (Lipinski definition) is 1. The average molecular weight is 341 g/mol. The van der Waals surface area contributed by atoms with E-state index in [1.165, 1.54) is 15.9 Å². The number of nitrogens with two attached hydrogens (primary N) is 1. The first kappa shape index (κ1) is 14.2. The van der Waals surface area contributed by atoms with Crippen molar-refractivity contribution in [1.29, 1.82) is 0 Å². The predicted octanol–water partition coefficient (Wildman–Crippen LogP) is 2.30. The van der Waals surface area contributed by atoms with Crippen LogP contribution >= 0.6 is 22.9 Å². The van der Waals surface area contributed by atoms with Crippen molar-refractivity contribution in [2.45, 2.75) is 5.16 Å². The van der Waals surface area contributed by atoms with Gasteiger partial charge in [-0.15, -0.1) is 21.5 Å². The van der Waals surface area contributed by atoms with Gasteiger partial charge in [0.05, 0.1) is 9.21 Å². The number of hydrogen-bond acceptors (Lipinski definition) is 5. The van der Waals surface area contributed by atoms with Crippen LogP contribution in [-0.2, 0) is 10.0 Å². The van der Waals surface area contributed by atoms with Crippen LogP contribution in [-0.4, -0.2) is 23.2 Å². The first-order valence-corrected chi connectivity index (χ1v) is 8.50. The van der Waals surface area contributed by atoms with Gasteiger partial charge in [-0.1, -0.05) is 29.8 Å². The summed E-state index contributed by atoms with van der Waals surface area (Å²) in [6, 6.07) is 12.4. The van der Waals surface area contributed by atoms with Gasteiger partial charge >= 0.3 is 0 Å². The maximum Gasteiger partial charge on any atom is 0.274 e. The second-order valence-electron chi connectivity index (χ2n) is 4.13. The minimum absolute atomic E-state index is 0.312. The van der Waals surface area contributed by atoms with Crippen molar-refractivity contribution in [2.24, 2.45) is 5.14 Å². The van der Waals surface area contributed by atoms with Gasteiger partial charge in [0.15, 0.2) is 5.82 Å². The quantitative estimate of drug-likeness (QED) is 0.792. The fourth-order valence-corrected chi connectivity index (χ4v) is 3.48. The third-order valence-corrected chi connectivity index (χ3v) is 4.70. The van der Waals surface area contributed by atoms with E-state index in [-0.39, 0.29) is 5.16 Å². The number of benzene rings is 1. The van der Waals surface area contributed by atoms with E-state index >= 15 is 0 Å². The molecule has 9 heteroatoms. The zero-order valence-electron chi connectivity index (χ0n) is 10.5. The van der Waals surface area contributed by atoms with Crippen LogP contribution in [0.1, 0.15) is 0 Å². The van der Waals surface area contributed by atoms with E-state index in [0.29, 0.717) is 20.7 Å². The van der Waals surface area contributed by atoms with Gasteiger partial charge in [0.2, 0.25) is 0 Å². The standard InChI is InChI=1S/C12H9ClN4O2S2/c13-10-7-6-9(20-10)11-15-16-12(21(14,18)19)17(11)8-4-2-1-3-5-8/h1-7H,(H2,14,18,19). The topological polar surface area (TPSA) is 90.9 Å². The molecule has 1 aromatic carbocycles. The highest BCUT2D eigenvalue weighted by molar-refractivity contribution is 7.89. The Morgan fingerprint density at radius 2 is 1.81 bits per heavy atom. The molecule has 108 valence electrons. The van der Waals surface area contributed by atoms with Crippen LogP contribution in [0.2, 0.25) is 4.34 Å². The molecule has 0 aliphatic heterocycles. The van der Waals surface area contributed by atoms with Gasteiger partial charge in [0, 0.05) is 5.69 Å². The smallest absolute Gasteiger partial charge is 0.264 e. The van der Waals surface area contributed by atoms with Crippen LogP contribution in [0.4, 0.5) is 0 Å². The number of nitrogens with zero attached hydrogens (tertiary/aromatic N) is 3. The molecular weight excluding hydrogens is 332 g/mol. The molecule has 2 aromatic heterocycles. The largest absolute Gasteiger partial charge is 0.274 e. The lowest BCUT2D eigenvalue weighted by molar-refractivity contribution is 0.585. The van der Waals surface area contributed by atoms with E-state index < -0.39 is 10.0 Å². The molecule has 21 heavy (non-hydrogen) atoms. The first-order valence-electron chi connectivity index (χ1n) is 5.76. The van der Waals surface area contributed by atoms with E-state index in [0.717, 1.165) is 0 Å². The Morgan fingerprint density at radius 3 is 2.38 bits per heavy atom. The van der Waals surface area contributed by atoms with E-state index in [1.807, 2.05) is 6.07 Å². The van der Waals surface area contributed by atoms with Gasteiger partial charge in [0.25, 0.3) is 15.2 Å². The summed E-state index contributed by atoms with van der Waals surface area (Å²) in [6.45, 7) is 0. The zero-order chi connectivity index (χ0) is 15.0. The average Bonchev–Trinajstić information content (AvgIpc) is 3.04. The molecule has 0 unspecified atom stereocenters. The Balaban J connectivity index is 2.30. The Kier molecular flexibility index (Phi) is 3.54. The Morgan fingerprint density at radius 1 is 1.10 bits per heavy atom. The van der Waals surface area contributed by atoms with Crippen LogP contribution in [0, 0.1) is 0 Å². The summed E-state index contributed by atoms with van der Waals surface area (Å²) in [5.41, 5.74) is 0.603. The molecule has 0 radical (unpaired) electrons. The summed E-state index contributed by atoms with van der Waals surface area (Å²) in [5.74, 6) is 0.377. The molecule has 2 N–H and O–H groups in total. The van der Waals surface area contributed by atoms with E-state index in [2.05, 4.69) is 10.2 Å². The summed E-state index contributed by atoms with van der Waals surface area (Å²) in [6.07, 6.45) is 0. The number of para-hydroxylation sites is 1. The van der Waals surface area contributed by atoms with E-state index in [1.54, 1.807) is 36.4 Å². The molecule has 0 spiro atoms. The molecule has 0 aliphatic carbocycles. The van der Waals surface area contributed by atoms with Gasteiger partial charge in [0.1, 0.15) is 0 Å². The lowest BCUT2D eigenvalue weighted by Crippen LogP contribution is -2.18. The highest BCUT2D eigenvalue weighted by Gasteiger charge is 2.23. The minimum Gasteiger partial charge on any atom is -0.264 e. The highest BCUT2D eigenvalue weighted by atomic mass is 35.5. The molecule has 3 aromatic rings. The predicted molar refractivity (Wildman–Crippen MR) is 81.1 cm³/mol. The molecule has 0 atom stereocenters.